The highest BCUT2D eigenvalue weighted by molar-refractivity contribution is 6.28. The van der Waals surface area contributed by atoms with Crippen molar-refractivity contribution in [1.82, 2.24) is 19.9 Å². The Balaban J connectivity index is 2.09. The standard InChI is InChI=1S/C11H14ClN5O/c1-6-4-18-7(2)3-17(6)10-8-9(14-5-13-8)15-11(12)16-10/h5-7H,3-4H2,1-2H3,(H,13,14,15,16). The monoisotopic (exact) mass is 267 g/mol. The van der Waals surface area contributed by atoms with Gasteiger partial charge in [-0.2, -0.15) is 9.97 Å². The number of H-pyrrole nitrogens is 1. The Morgan fingerprint density at radius 2 is 2.28 bits per heavy atom. The molecule has 96 valence electrons. The van der Waals surface area contributed by atoms with E-state index in [-0.39, 0.29) is 17.4 Å². The largest absolute Gasteiger partial charge is 0.375 e. The number of hydrogen-bond acceptors (Lipinski definition) is 5. The summed E-state index contributed by atoms with van der Waals surface area (Å²) < 4.78 is 5.62. The van der Waals surface area contributed by atoms with Crippen LogP contribution in [0.2, 0.25) is 5.28 Å². The SMILES string of the molecule is CC1CN(c2nc(Cl)nc3nc[nH]c23)C(C)CO1. The van der Waals surface area contributed by atoms with Crippen LogP contribution in [0.25, 0.3) is 11.2 Å². The molecule has 0 saturated carbocycles. The minimum absolute atomic E-state index is 0.174. The second-order valence-corrected chi connectivity index (χ2v) is 4.90. The highest BCUT2D eigenvalue weighted by Crippen LogP contribution is 2.26. The lowest BCUT2D eigenvalue weighted by Crippen LogP contribution is -2.48. The van der Waals surface area contributed by atoms with Crippen molar-refractivity contribution in [2.45, 2.75) is 26.0 Å². The van der Waals surface area contributed by atoms with Gasteiger partial charge in [-0.05, 0) is 25.4 Å². The highest BCUT2D eigenvalue weighted by atomic mass is 35.5. The fourth-order valence-corrected chi connectivity index (χ4v) is 2.36. The van der Waals surface area contributed by atoms with Gasteiger partial charge in [0.2, 0.25) is 5.28 Å². The Morgan fingerprint density at radius 3 is 3.11 bits per heavy atom. The molecule has 1 N–H and O–H groups in total. The van der Waals surface area contributed by atoms with E-state index < -0.39 is 0 Å². The van der Waals surface area contributed by atoms with Crippen molar-refractivity contribution in [3.05, 3.63) is 11.6 Å². The Labute approximate surface area is 109 Å². The molecule has 3 heterocycles. The number of aromatic amines is 1. The number of ether oxygens (including phenoxy) is 1. The first-order valence-electron chi connectivity index (χ1n) is 5.90. The molecular formula is C11H14ClN5O. The second-order valence-electron chi connectivity index (χ2n) is 4.56. The van der Waals surface area contributed by atoms with Gasteiger partial charge in [-0.15, -0.1) is 0 Å². The number of hydrogen-bond donors (Lipinski definition) is 1. The molecule has 2 unspecified atom stereocenters. The van der Waals surface area contributed by atoms with Gasteiger partial charge in [0.15, 0.2) is 11.5 Å². The number of anilines is 1. The summed E-state index contributed by atoms with van der Waals surface area (Å²) in [7, 11) is 0. The zero-order chi connectivity index (χ0) is 12.7. The van der Waals surface area contributed by atoms with E-state index in [0.29, 0.717) is 12.3 Å². The lowest BCUT2D eigenvalue weighted by atomic mass is 10.2. The molecular weight excluding hydrogens is 254 g/mol. The Bertz CT molecular complexity index is 572. The van der Waals surface area contributed by atoms with E-state index in [9.17, 15) is 0 Å². The van der Waals surface area contributed by atoms with E-state index in [4.69, 9.17) is 16.3 Å². The molecule has 7 heteroatoms. The second kappa shape index (κ2) is 4.37. The number of rotatable bonds is 1. The Kier molecular flexibility index (Phi) is 2.83. The summed E-state index contributed by atoms with van der Waals surface area (Å²) in [6, 6.07) is 0.249. The molecule has 2 atom stereocenters. The summed E-state index contributed by atoms with van der Waals surface area (Å²) in [5.74, 6) is 0.796. The van der Waals surface area contributed by atoms with Gasteiger partial charge in [-0.1, -0.05) is 0 Å². The van der Waals surface area contributed by atoms with Crippen LogP contribution in [0.4, 0.5) is 5.82 Å². The van der Waals surface area contributed by atoms with Crippen molar-refractivity contribution in [2.24, 2.45) is 0 Å². The summed E-state index contributed by atoms with van der Waals surface area (Å²) >= 11 is 5.95. The third kappa shape index (κ3) is 1.91. The summed E-state index contributed by atoms with van der Waals surface area (Å²) in [5, 5.41) is 0.218. The molecule has 0 aliphatic carbocycles. The zero-order valence-electron chi connectivity index (χ0n) is 10.2. The van der Waals surface area contributed by atoms with Crippen LogP contribution in [0.1, 0.15) is 13.8 Å². The minimum atomic E-state index is 0.174. The van der Waals surface area contributed by atoms with E-state index in [1.807, 2.05) is 6.92 Å². The molecule has 2 aromatic heterocycles. The topological polar surface area (TPSA) is 66.9 Å². The average molecular weight is 268 g/mol. The minimum Gasteiger partial charge on any atom is -0.375 e. The normalized spacial score (nSPS) is 24.7. The first kappa shape index (κ1) is 11.7. The van der Waals surface area contributed by atoms with Crippen LogP contribution in [0, 0.1) is 0 Å². The first-order valence-corrected chi connectivity index (χ1v) is 6.28. The quantitative estimate of drug-likeness (QED) is 0.796. The van der Waals surface area contributed by atoms with Crippen molar-refractivity contribution in [1.29, 1.82) is 0 Å². The number of nitrogens with one attached hydrogen (secondary N) is 1. The highest BCUT2D eigenvalue weighted by Gasteiger charge is 2.27. The molecule has 0 radical (unpaired) electrons. The summed E-state index contributed by atoms with van der Waals surface area (Å²) in [5.41, 5.74) is 1.41. The van der Waals surface area contributed by atoms with E-state index in [1.165, 1.54) is 0 Å². The molecule has 6 nitrogen and oxygen atoms in total. The number of imidazole rings is 1. The lowest BCUT2D eigenvalue weighted by Gasteiger charge is -2.37. The molecule has 1 saturated heterocycles. The van der Waals surface area contributed by atoms with Gasteiger partial charge in [-0.3, -0.25) is 0 Å². The third-order valence-electron chi connectivity index (χ3n) is 3.12. The molecule has 1 aliphatic heterocycles. The average Bonchev–Trinajstić information content (AvgIpc) is 2.79. The number of morpholine rings is 1. The van der Waals surface area contributed by atoms with E-state index >= 15 is 0 Å². The lowest BCUT2D eigenvalue weighted by molar-refractivity contribution is 0.0341. The third-order valence-corrected chi connectivity index (χ3v) is 3.29. The molecule has 1 fully saturated rings. The van der Waals surface area contributed by atoms with Crippen LogP contribution in [-0.2, 0) is 4.74 Å². The molecule has 3 rings (SSSR count). The van der Waals surface area contributed by atoms with Crippen LogP contribution in [-0.4, -0.2) is 45.2 Å². The molecule has 0 aromatic carbocycles. The first-order chi connectivity index (χ1) is 8.65. The van der Waals surface area contributed by atoms with Crippen molar-refractivity contribution >= 4 is 28.6 Å². The van der Waals surface area contributed by atoms with Gasteiger partial charge in [0.1, 0.15) is 5.52 Å². The molecule has 18 heavy (non-hydrogen) atoms. The van der Waals surface area contributed by atoms with Crippen LogP contribution in [0.5, 0.6) is 0 Å². The Hall–Kier alpha value is -1.40. The van der Waals surface area contributed by atoms with Crippen molar-refractivity contribution in [3.63, 3.8) is 0 Å². The predicted octanol–water partition coefficient (Wildman–Crippen LogP) is 1.62. The summed E-state index contributed by atoms with van der Waals surface area (Å²) in [6.07, 6.45) is 1.78. The summed E-state index contributed by atoms with van der Waals surface area (Å²) in [4.78, 5) is 17.8. The van der Waals surface area contributed by atoms with Crippen molar-refractivity contribution in [2.75, 3.05) is 18.1 Å². The van der Waals surface area contributed by atoms with E-state index in [0.717, 1.165) is 17.9 Å². The molecule has 0 amide bonds. The van der Waals surface area contributed by atoms with Gasteiger partial charge >= 0.3 is 0 Å². The maximum Gasteiger partial charge on any atom is 0.226 e. The number of fused-ring (bicyclic) bond motifs is 1. The van der Waals surface area contributed by atoms with Gasteiger partial charge in [-0.25, -0.2) is 4.98 Å². The molecule has 0 spiro atoms. The van der Waals surface area contributed by atoms with E-state index in [2.05, 4.69) is 31.8 Å². The number of halogens is 1. The maximum atomic E-state index is 5.95. The van der Waals surface area contributed by atoms with Crippen LogP contribution < -0.4 is 4.90 Å². The van der Waals surface area contributed by atoms with E-state index in [1.54, 1.807) is 6.33 Å². The molecule has 0 bridgehead atoms. The smallest absolute Gasteiger partial charge is 0.226 e. The zero-order valence-corrected chi connectivity index (χ0v) is 11.0. The van der Waals surface area contributed by atoms with Gasteiger partial charge < -0.3 is 14.6 Å². The Morgan fingerprint density at radius 1 is 1.44 bits per heavy atom. The van der Waals surface area contributed by atoms with Crippen molar-refractivity contribution in [3.8, 4) is 0 Å². The number of aromatic nitrogens is 4. The van der Waals surface area contributed by atoms with Gasteiger partial charge in [0.05, 0.1) is 25.1 Å². The molecule has 1 aliphatic rings. The maximum absolute atomic E-state index is 5.95. The predicted molar refractivity (Wildman–Crippen MR) is 68.9 cm³/mol. The van der Waals surface area contributed by atoms with Crippen LogP contribution in [0.15, 0.2) is 6.33 Å². The number of nitrogens with zero attached hydrogens (tertiary/aromatic N) is 4. The van der Waals surface area contributed by atoms with Gasteiger partial charge in [0.25, 0.3) is 0 Å². The van der Waals surface area contributed by atoms with Crippen molar-refractivity contribution < 1.29 is 4.74 Å². The molecule has 2 aromatic rings. The van der Waals surface area contributed by atoms with Crippen LogP contribution in [0.3, 0.4) is 0 Å². The van der Waals surface area contributed by atoms with Crippen LogP contribution >= 0.6 is 11.6 Å². The summed E-state index contributed by atoms with van der Waals surface area (Å²) in [6.45, 7) is 5.61. The fourth-order valence-electron chi connectivity index (χ4n) is 2.20. The van der Waals surface area contributed by atoms with Gasteiger partial charge in [0, 0.05) is 6.54 Å². The fraction of sp³-hybridized carbons (Fsp3) is 0.545.